The van der Waals surface area contributed by atoms with Gasteiger partial charge in [0.25, 0.3) is 0 Å². The number of anilines is 2. The van der Waals surface area contributed by atoms with Gasteiger partial charge in [-0.15, -0.1) is 0 Å². The van der Waals surface area contributed by atoms with Gasteiger partial charge in [0.2, 0.25) is 0 Å². The SMILES string of the molecule is CN1CCC(CCN=CC(=CN)CNc2cccc3c(NC(=O)OC(C)(C)C)nccc23)CC1. The number of carbonyl (C=O) groups is 1. The van der Waals surface area contributed by atoms with Gasteiger partial charge >= 0.3 is 6.09 Å². The highest BCUT2D eigenvalue weighted by atomic mass is 16.6. The average Bonchev–Trinajstić information content (AvgIpc) is 2.79. The van der Waals surface area contributed by atoms with Gasteiger partial charge in [0.15, 0.2) is 0 Å². The third-order valence-electron chi connectivity index (χ3n) is 5.88. The highest BCUT2D eigenvalue weighted by Crippen LogP contribution is 2.28. The number of nitrogens with one attached hydrogen (secondary N) is 2. The van der Waals surface area contributed by atoms with Crippen LogP contribution < -0.4 is 16.4 Å². The summed E-state index contributed by atoms with van der Waals surface area (Å²) >= 11 is 0. The third-order valence-corrected chi connectivity index (χ3v) is 5.88. The van der Waals surface area contributed by atoms with E-state index in [1.807, 2.05) is 51.3 Å². The number of carbonyl (C=O) groups excluding carboxylic acids is 1. The van der Waals surface area contributed by atoms with E-state index < -0.39 is 11.7 Å². The second-order valence-electron chi connectivity index (χ2n) is 9.85. The lowest BCUT2D eigenvalue weighted by Crippen LogP contribution is -2.30. The minimum atomic E-state index is -0.582. The van der Waals surface area contributed by atoms with Crippen LogP contribution in [0.25, 0.3) is 10.8 Å². The Bertz CT molecular complexity index is 1020. The summed E-state index contributed by atoms with van der Waals surface area (Å²) in [5.41, 5.74) is 7.11. The van der Waals surface area contributed by atoms with Crippen LogP contribution in [0, 0.1) is 5.92 Å². The zero-order valence-corrected chi connectivity index (χ0v) is 20.8. The van der Waals surface area contributed by atoms with Crippen molar-refractivity contribution in [2.75, 3.05) is 43.9 Å². The molecule has 1 fully saturated rings. The van der Waals surface area contributed by atoms with E-state index in [1.165, 1.54) is 25.9 Å². The molecule has 4 N–H and O–H groups in total. The normalized spacial score (nSPS) is 16.2. The molecule has 0 unspecified atom stereocenters. The number of hydrogen-bond donors (Lipinski definition) is 3. The molecule has 3 rings (SSSR count). The maximum absolute atomic E-state index is 12.2. The maximum Gasteiger partial charge on any atom is 0.413 e. The molecule has 0 spiro atoms. The summed E-state index contributed by atoms with van der Waals surface area (Å²) in [6.45, 7) is 9.21. The number of nitrogens with zero attached hydrogens (tertiary/aromatic N) is 3. The minimum Gasteiger partial charge on any atom is -0.444 e. The van der Waals surface area contributed by atoms with Crippen molar-refractivity contribution in [2.45, 2.75) is 45.6 Å². The molecule has 2 aromatic rings. The van der Waals surface area contributed by atoms with E-state index in [0.29, 0.717) is 12.4 Å². The molecule has 1 aliphatic rings. The zero-order chi connectivity index (χ0) is 24.6. The van der Waals surface area contributed by atoms with Crippen LogP contribution >= 0.6 is 0 Å². The first-order valence-electron chi connectivity index (χ1n) is 12.0. The highest BCUT2D eigenvalue weighted by Gasteiger charge is 2.18. The summed E-state index contributed by atoms with van der Waals surface area (Å²) in [5.74, 6) is 1.23. The fourth-order valence-electron chi connectivity index (χ4n) is 4.00. The fourth-order valence-corrected chi connectivity index (χ4v) is 4.00. The Morgan fingerprint density at radius 3 is 2.74 bits per heavy atom. The van der Waals surface area contributed by atoms with Gasteiger partial charge in [-0.3, -0.25) is 10.3 Å². The second-order valence-corrected chi connectivity index (χ2v) is 9.85. The molecule has 8 nitrogen and oxygen atoms in total. The van der Waals surface area contributed by atoms with Gasteiger partial charge < -0.3 is 20.7 Å². The molecule has 1 aromatic carbocycles. The molecule has 8 heteroatoms. The number of amides is 1. The van der Waals surface area contributed by atoms with Crippen molar-refractivity contribution in [2.24, 2.45) is 16.6 Å². The van der Waals surface area contributed by atoms with E-state index in [1.54, 1.807) is 12.4 Å². The lowest BCUT2D eigenvalue weighted by Gasteiger charge is -2.28. The Hall–Kier alpha value is -3.13. The van der Waals surface area contributed by atoms with Crippen LogP contribution in [0.4, 0.5) is 16.3 Å². The van der Waals surface area contributed by atoms with E-state index >= 15 is 0 Å². The van der Waals surface area contributed by atoms with Crippen LogP contribution in [0.1, 0.15) is 40.0 Å². The molecule has 1 aromatic heterocycles. The van der Waals surface area contributed by atoms with Gasteiger partial charge in [-0.25, -0.2) is 9.78 Å². The minimum absolute atomic E-state index is 0.459. The molecule has 0 bridgehead atoms. The van der Waals surface area contributed by atoms with Crippen molar-refractivity contribution in [1.29, 1.82) is 0 Å². The Balaban J connectivity index is 1.59. The van der Waals surface area contributed by atoms with Crippen molar-refractivity contribution < 1.29 is 9.53 Å². The lowest BCUT2D eigenvalue weighted by atomic mass is 9.94. The van der Waals surface area contributed by atoms with Gasteiger partial charge in [0.05, 0.1) is 0 Å². The predicted molar refractivity (Wildman–Crippen MR) is 141 cm³/mol. The first-order chi connectivity index (χ1) is 16.2. The second kappa shape index (κ2) is 11.8. The number of fused-ring (bicyclic) bond motifs is 1. The van der Waals surface area contributed by atoms with Crippen molar-refractivity contribution in [3.05, 3.63) is 42.2 Å². The number of piperidine rings is 1. The number of ether oxygens (including phenoxy) is 1. The zero-order valence-electron chi connectivity index (χ0n) is 20.8. The molecule has 1 saturated heterocycles. The van der Waals surface area contributed by atoms with Crippen molar-refractivity contribution in [1.82, 2.24) is 9.88 Å². The molecule has 34 heavy (non-hydrogen) atoms. The number of nitrogens with two attached hydrogens (primary N) is 1. The smallest absolute Gasteiger partial charge is 0.413 e. The first kappa shape index (κ1) is 25.5. The van der Waals surface area contributed by atoms with Crippen LogP contribution in [0.5, 0.6) is 0 Å². The molecule has 0 atom stereocenters. The van der Waals surface area contributed by atoms with Crippen LogP contribution in [0.15, 0.2) is 47.2 Å². The molecule has 1 amide bonds. The third kappa shape index (κ3) is 7.73. The number of aliphatic imine (C=N–C) groups is 1. The molecule has 0 radical (unpaired) electrons. The molecule has 0 aliphatic carbocycles. The van der Waals surface area contributed by atoms with E-state index in [-0.39, 0.29) is 0 Å². The molecular weight excluding hydrogens is 428 g/mol. The van der Waals surface area contributed by atoms with E-state index in [9.17, 15) is 4.79 Å². The summed E-state index contributed by atoms with van der Waals surface area (Å²) in [6, 6.07) is 7.75. The number of likely N-dealkylation sites (tertiary alicyclic amines) is 1. The number of hydrogen-bond acceptors (Lipinski definition) is 7. The van der Waals surface area contributed by atoms with Gasteiger partial charge in [0.1, 0.15) is 11.4 Å². The van der Waals surface area contributed by atoms with Gasteiger partial charge in [0, 0.05) is 53.7 Å². The summed E-state index contributed by atoms with van der Waals surface area (Å²) < 4.78 is 5.36. The summed E-state index contributed by atoms with van der Waals surface area (Å²) in [6.07, 6.45) is 8.24. The quantitative estimate of drug-likeness (QED) is 0.490. The van der Waals surface area contributed by atoms with Gasteiger partial charge in [-0.05, 0) is 78.2 Å². The summed E-state index contributed by atoms with van der Waals surface area (Å²) in [4.78, 5) is 23.5. The lowest BCUT2D eigenvalue weighted by molar-refractivity contribution is 0.0635. The molecule has 0 saturated carbocycles. The van der Waals surface area contributed by atoms with Crippen LogP contribution in [0.3, 0.4) is 0 Å². The first-order valence-corrected chi connectivity index (χ1v) is 12.0. The van der Waals surface area contributed by atoms with Gasteiger partial charge in [-0.1, -0.05) is 12.1 Å². The Kier molecular flexibility index (Phi) is 8.87. The predicted octanol–water partition coefficient (Wildman–Crippen LogP) is 4.64. The van der Waals surface area contributed by atoms with Crippen molar-refractivity contribution in [3.8, 4) is 0 Å². The Morgan fingerprint density at radius 1 is 1.26 bits per heavy atom. The summed E-state index contributed by atoms with van der Waals surface area (Å²) in [7, 11) is 2.19. The highest BCUT2D eigenvalue weighted by molar-refractivity contribution is 6.03. The number of pyridine rings is 1. The number of aromatic nitrogens is 1. The number of rotatable bonds is 8. The fraction of sp³-hybridized carbons (Fsp3) is 0.500. The van der Waals surface area contributed by atoms with E-state index in [2.05, 4.69) is 32.6 Å². The average molecular weight is 467 g/mol. The van der Waals surface area contributed by atoms with Gasteiger partial charge in [-0.2, -0.15) is 0 Å². The van der Waals surface area contributed by atoms with Crippen LogP contribution in [-0.4, -0.2) is 61.0 Å². The Morgan fingerprint density at radius 2 is 2.03 bits per heavy atom. The topological polar surface area (TPSA) is 105 Å². The van der Waals surface area contributed by atoms with E-state index in [0.717, 1.165) is 40.9 Å². The largest absolute Gasteiger partial charge is 0.444 e. The maximum atomic E-state index is 12.2. The molecular formula is C26H38N6O2. The molecule has 184 valence electrons. The van der Waals surface area contributed by atoms with Crippen LogP contribution in [-0.2, 0) is 4.74 Å². The number of benzene rings is 1. The monoisotopic (exact) mass is 466 g/mol. The Labute approximate surface area is 202 Å². The molecule has 2 heterocycles. The van der Waals surface area contributed by atoms with Crippen molar-refractivity contribution >= 4 is 34.6 Å². The summed E-state index contributed by atoms with van der Waals surface area (Å²) in [5, 5.41) is 7.96. The van der Waals surface area contributed by atoms with Crippen molar-refractivity contribution in [3.63, 3.8) is 0 Å². The standard InChI is InChI=1S/C26H38N6O2/c1-26(2,3)34-25(33)31-24-22-6-5-7-23(21(22)9-13-29-24)30-18-20(16-27)17-28-12-8-19-10-14-32(4)15-11-19/h5-7,9,13,16-17,19,30H,8,10-12,14-15,18,27H2,1-4H3,(H,29,31,33). The molecule has 1 aliphatic heterocycles. The van der Waals surface area contributed by atoms with E-state index in [4.69, 9.17) is 10.5 Å². The van der Waals surface area contributed by atoms with Crippen LogP contribution in [0.2, 0.25) is 0 Å².